The summed E-state index contributed by atoms with van der Waals surface area (Å²) >= 11 is 0. The second kappa shape index (κ2) is 8.91. The van der Waals surface area contributed by atoms with Crippen molar-refractivity contribution in [3.05, 3.63) is 81.7 Å². The Labute approximate surface area is 179 Å². The molecule has 0 N–H and O–H groups in total. The van der Waals surface area contributed by atoms with E-state index in [0.29, 0.717) is 24.8 Å². The molecule has 1 amide bonds. The lowest BCUT2D eigenvalue weighted by molar-refractivity contribution is -0.384. The van der Waals surface area contributed by atoms with Gasteiger partial charge in [-0.2, -0.15) is 4.98 Å². The first kappa shape index (κ1) is 20.5. The maximum Gasteiger partial charge on any atom is 0.269 e. The molecule has 4 rings (SSSR count). The van der Waals surface area contributed by atoms with Crippen molar-refractivity contribution in [1.29, 1.82) is 0 Å². The molecular weight excluding hydrogens is 396 g/mol. The smallest absolute Gasteiger partial charge is 0.269 e. The Hall–Kier alpha value is -3.81. The van der Waals surface area contributed by atoms with Crippen LogP contribution in [0, 0.1) is 17.0 Å². The molecule has 1 aliphatic rings. The molecule has 1 aliphatic heterocycles. The molecule has 3 aromatic rings. The van der Waals surface area contributed by atoms with Crippen LogP contribution in [0.1, 0.15) is 35.8 Å². The fourth-order valence-corrected chi connectivity index (χ4v) is 3.63. The summed E-state index contributed by atoms with van der Waals surface area (Å²) in [7, 11) is 0. The highest BCUT2D eigenvalue weighted by atomic mass is 16.6. The maximum atomic E-state index is 12.5. The van der Waals surface area contributed by atoms with Gasteiger partial charge in [0, 0.05) is 42.8 Å². The number of nitrogens with zero attached hydrogens (tertiary/aromatic N) is 4. The monoisotopic (exact) mass is 418 g/mol. The molecule has 31 heavy (non-hydrogen) atoms. The van der Waals surface area contributed by atoms with Crippen molar-refractivity contribution in [1.82, 2.24) is 15.0 Å². The average molecular weight is 418 g/mol. The molecule has 1 fully saturated rings. The Balaban J connectivity index is 1.33. The van der Waals surface area contributed by atoms with Crippen LogP contribution in [0.25, 0.3) is 17.5 Å². The largest absolute Gasteiger partial charge is 0.339 e. The number of aromatic nitrogens is 2. The molecule has 0 saturated carbocycles. The van der Waals surface area contributed by atoms with Gasteiger partial charge >= 0.3 is 0 Å². The summed E-state index contributed by atoms with van der Waals surface area (Å²) in [5, 5.41) is 14.8. The number of likely N-dealkylation sites (tertiary alicyclic amines) is 1. The van der Waals surface area contributed by atoms with Crippen LogP contribution in [0.5, 0.6) is 0 Å². The van der Waals surface area contributed by atoms with Crippen LogP contribution >= 0.6 is 0 Å². The normalized spacial score (nSPS) is 14.8. The molecule has 2 heterocycles. The lowest BCUT2D eigenvalue weighted by Crippen LogP contribution is -2.36. The van der Waals surface area contributed by atoms with Gasteiger partial charge in [-0.15, -0.1) is 0 Å². The summed E-state index contributed by atoms with van der Waals surface area (Å²) in [5.74, 6) is 1.25. The summed E-state index contributed by atoms with van der Waals surface area (Å²) in [6, 6.07) is 14.1. The minimum Gasteiger partial charge on any atom is -0.339 e. The van der Waals surface area contributed by atoms with E-state index in [2.05, 4.69) is 10.1 Å². The first-order valence-electron chi connectivity index (χ1n) is 10.1. The first-order chi connectivity index (χ1) is 15.0. The van der Waals surface area contributed by atoms with Gasteiger partial charge in [-0.25, -0.2) is 0 Å². The molecule has 0 spiro atoms. The van der Waals surface area contributed by atoms with Crippen molar-refractivity contribution >= 4 is 17.7 Å². The molecular formula is C23H22N4O4. The van der Waals surface area contributed by atoms with Gasteiger partial charge in [-0.3, -0.25) is 14.9 Å². The van der Waals surface area contributed by atoms with E-state index in [4.69, 9.17) is 4.52 Å². The topological polar surface area (TPSA) is 102 Å². The number of aryl methyl sites for hydroxylation is 1. The second-order valence-corrected chi connectivity index (χ2v) is 7.61. The Morgan fingerprint density at radius 1 is 1.19 bits per heavy atom. The highest BCUT2D eigenvalue weighted by Gasteiger charge is 2.27. The number of nitro benzene ring substituents is 1. The van der Waals surface area contributed by atoms with Crippen LogP contribution in [-0.4, -0.2) is 39.0 Å². The van der Waals surface area contributed by atoms with Crippen LogP contribution in [0.4, 0.5) is 5.69 Å². The highest BCUT2D eigenvalue weighted by Crippen LogP contribution is 2.29. The number of non-ortho nitro benzene ring substituents is 1. The standard InChI is InChI=1S/C23H22N4O4/c1-16-3-2-4-19(15-16)22-24-23(31-25-22)18-11-13-26(14-12-18)21(28)10-7-17-5-8-20(9-6-17)27(29)30/h2-10,15,18H,11-14H2,1H3/b10-7+. The van der Waals surface area contributed by atoms with Crippen LogP contribution in [0.2, 0.25) is 0 Å². The van der Waals surface area contributed by atoms with Crippen molar-refractivity contribution in [3.8, 4) is 11.4 Å². The van der Waals surface area contributed by atoms with Gasteiger partial charge < -0.3 is 9.42 Å². The van der Waals surface area contributed by atoms with E-state index in [1.54, 1.807) is 23.1 Å². The molecule has 1 saturated heterocycles. The third-order valence-electron chi connectivity index (χ3n) is 5.40. The van der Waals surface area contributed by atoms with Crippen molar-refractivity contribution < 1.29 is 14.2 Å². The van der Waals surface area contributed by atoms with Gasteiger partial charge in [0.15, 0.2) is 0 Å². The number of hydrogen-bond donors (Lipinski definition) is 0. The number of rotatable bonds is 5. The van der Waals surface area contributed by atoms with Gasteiger partial charge in [0.25, 0.3) is 5.69 Å². The Kier molecular flexibility index (Phi) is 5.88. The lowest BCUT2D eigenvalue weighted by atomic mass is 9.96. The number of piperidine rings is 1. The Morgan fingerprint density at radius 2 is 1.94 bits per heavy atom. The maximum absolute atomic E-state index is 12.5. The molecule has 0 bridgehead atoms. The van der Waals surface area contributed by atoms with E-state index >= 15 is 0 Å². The van der Waals surface area contributed by atoms with E-state index in [0.717, 1.165) is 29.5 Å². The number of carbonyl (C=O) groups is 1. The second-order valence-electron chi connectivity index (χ2n) is 7.61. The van der Waals surface area contributed by atoms with Gasteiger partial charge in [-0.1, -0.05) is 28.9 Å². The average Bonchev–Trinajstić information content (AvgIpc) is 3.28. The van der Waals surface area contributed by atoms with Crippen molar-refractivity contribution in [2.75, 3.05) is 13.1 Å². The summed E-state index contributed by atoms with van der Waals surface area (Å²) in [6.45, 7) is 3.24. The fourth-order valence-electron chi connectivity index (χ4n) is 3.63. The number of nitro groups is 1. The zero-order chi connectivity index (χ0) is 21.8. The highest BCUT2D eigenvalue weighted by molar-refractivity contribution is 5.91. The van der Waals surface area contributed by atoms with Gasteiger partial charge in [0.05, 0.1) is 4.92 Å². The zero-order valence-corrected chi connectivity index (χ0v) is 17.1. The number of hydrogen-bond acceptors (Lipinski definition) is 6. The third kappa shape index (κ3) is 4.85. The van der Waals surface area contributed by atoms with Crippen molar-refractivity contribution in [2.45, 2.75) is 25.7 Å². The van der Waals surface area contributed by atoms with Gasteiger partial charge in [0.2, 0.25) is 17.6 Å². The van der Waals surface area contributed by atoms with Gasteiger partial charge in [0.1, 0.15) is 0 Å². The molecule has 0 unspecified atom stereocenters. The van der Waals surface area contributed by atoms with Crippen LogP contribution < -0.4 is 0 Å². The summed E-state index contributed by atoms with van der Waals surface area (Å²) in [4.78, 5) is 29.1. The third-order valence-corrected chi connectivity index (χ3v) is 5.40. The Bertz CT molecular complexity index is 1110. The zero-order valence-electron chi connectivity index (χ0n) is 17.1. The number of benzene rings is 2. The predicted molar refractivity (Wildman–Crippen MR) is 115 cm³/mol. The summed E-state index contributed by atoms with van der Waals surface area (Å²) < 4.78 is 5.50. The molecule has 2 aromatic carbocycles. The van der Waals surface area contributed by atoms with Crippen molar-refractivity contribution in [3.63, 3.8) is 0 Å². The van der Waals surface area contributed by atoms with E-state index in [1.807, 2.05) is 31.2 Å². The fraction of sp³-hybridized carbons (Fsp3) is 0.261. The first-order valence-corrected chi connectivity index (χ1v) is 10.1. The molecule has 0 aliphatic carbocycles. The summed E-state index contributed by atoms with van der Waals surface area (Å²) in [5.41, 5.74) is 2.83. The molecule has 0 radical (unpaired) electrons. The van der Waals surface area contributed by atoms with Crippen LogP contribution in [0.3, 0.4) is 0 Å². The lowest BCUT2D eigenvalue weighted by Gasteiger charge is -2.29. The number of carbonyl (C=O) groups excluding carboxylic acids is 1. The molecule has 158 valence electrons. The molecule has 8 heteroatoms. The minimum absolute atomic E-state index is 0.0251. The SMILES string of the molecule is Cc1cccc(-c2noc(C3CCN(C(=O)/C=C/c4ccc([N+](=O)[O-])cc4)CC3)n2)c1. The van der Waals surface area contributed by atoms with E-state index in [9.17, 15) is 14.9 Å². The number of amides is 1. The minimum atomic E-state index is -0.448. The quantitative estimate of drug-likeness (QED) is 0.346. The summed E-state index contributed by atoms with van der Waals surface area (Å²) in [6.07, 6.45) is 4.69. The van der Waals surface area contributed by atoms with E-state index < -0.39 is 4.92 Å². The van der Waals surface area contributed by atoms with E-state index in [1.165, 1.54) is 18.2 Å². The van der Waals surface area contributed by atoms with Crippen LogP contribution in [-0.2, 0) is 4.79 Å². The Morgan fingerprint density at radius 3 is 2.61 bits per heavy atom. The van der Waals surface area contributed by atoms with Crippen molar-refractivity contribution in [2.24, 2.45) is 0 Å². The molecule has 1 aromatic heterocycles. The molecule has 8 nitrogen and oxygen atoms in total. The van der Waals surface area contributed by atoms with Crippen LogP contribution in [0.15, 0.2) is 59.1 Å². The van der Waals surface area contributed by atoms with E-state index in [-0.39, 0.29) is 17.5 Å². The predicted octanol–water partition coefficient (Wildman–Crippen LogP) is 4.37. The van der Waals surface area contributed by atoms with Gasteiger partial charge in [-0.05, 0) is 49.6 Å². The molecule has 0 atom stereocenters.